The van der Waals surface area contributed by atoms with Crippen molar-refractivity contribution in [1.82, 2.24) is 5.32 Å². The normalized spacial score (nSPS) is 12.3. The van der Waals surface area contributed by atoms with E-state index in [4.69, 9.17) is 0 Å². The second-order valence-corrected chi connectivity index (χ2v) is 6.64. The summed E-state index contributed by atoms with van der Waals surface area (Å²) in [7, 11) is 0. The highest BCUT2D eigenvalue weighted by molar-refractivity contribution is 7.99. The van der Waals surface area contributed by atoms with Gasteiger partial charge in [-0.05, 0) is 48.9 Å². The molecule has 1 nitrogen and oxygen atoms in total. The molecule has 0 saturated carbocycles. The van der Waals surface area contributed by atoms with Crippen molar-refractivity contribution in [2.75, 3.05) is 12.3 Å². The highest BCUT2D eigenvalue weighted by Gasteiger charge is 2.11. The highest BCUT2D eigenvalue weighted by Crippen LogP contribution is 2.23. The molecule has 0 aromatic heterocycles. The molecule has 0 radical (unpaired) electrons. The molecule has 0 saturated heterocycles. The summed E-state index contributed by atoms with van der Waals surface area (Å²) < 4.78 is 0. The third kappa shape index (κ3) is 4.90. The van der Waals surface area contributed by atoms with Crippen molar-refractivity contribution in [3.05, 3.63) is 65.2 Å². The van der Waals surface area contributed by atoms with Crippen molar-refractivity contribution in [2.24, 2.45) is 0 Å². The number of likely N-dealkylation sites (N-methyl/N-ethyl adjacent to an activating group) is 1. The minimum atomic E-state index is 0.387. The molecule has 2 rings (SSSR count). The van der Waals surface area contributed by atoms with Crippen molar-refractivity contribution < 1.29 is 0 Å². The van der Waals surface area contributed by atoms with E-state index >= 15 is 0 Å². The fourth-order valence-electron chi connectivity index (χ4n) is 2.59. The molecule has 0 aliphatic carbocycles. The van der Waals surface area contributed by atoms with Crippen LogP contribution in [0.15, 0.2) is 53.4 Å². The molecule has 0 aliphatic heterocycles. The molecule has 0 heterocycles. The van der Waals surface area contributed by atoms with Gasteiger partial charge in [0.05, 0.1) is 0 Å². The van der Waals surface area contributed by atoms with E-state index in [9.17, 15) is 0 Å². The number of hydrogen-bond donors (Lipinski definition) is 1. The van der Waals surface area contributed by atoms with E-state index in [0.717, 1.165) is 18.7 Å². The van der Waals surface area contributed by atoms with Gasteiger partial charge in [-0.25, -0.2) is 0 Å². The first kappa shape index (κ1) is 16.1. The van der Waals surface area contributed by atoms with Gasteiger partial charge in [0.15, 0.2) is 0 Å². The van der Waals surface area contributed by atoms with Crippen LogP contribution in [0.4, 0.5) is 0 Å². The fraction of sp³-hybridized carbons (Fsp3) is 0.368. The Hall–Kier alpha value is -1.25. The maximum absolute atomic E-state index is 3.61. The Labute approximate surface area is 133 Å². The largest absolute Gasteiger partial charge is 0.310 e. The number of aryl methyl sites for hydroxylation is 1. The van der Waals surface area contributed by atoms with Crippen LogP contribution in [0, 0.1) is 6.92 Å². The van der Waals surface area contributed by atoms with Gasteiger partial charge < -0.3 is 5.32 Å². The van der Waals surface area contributed by atoms with Gasteiger partial charge in [-0.2, -0.15) is 0 Å². The predicted molar refractivity (Wildman–Crippen MR) is 94.1 cm³/mol. The lowest BCUT2D eigenvalue weighted by Gasteiger charge is -2.19. The number of benzene rings is 2. The third-order valence-corrected chi connectivity index (χ3v) is 4.46. The van der Waals surface area contributed by atoms with E-state index in [0.29, 0.717) is 6.04 Å². The molecule has 112 valence electrons. The van der Waals surface area contributed by atoms with Crippen LogP contribution in [-0.2, 0) is 6.42 Å². The SMILES string of the molecule is CCNC(Cc1cccc(C)c1)c1ccc(SCC)cc1. The fourth-order valence-corrected chi connectivity index (χ4v) is 3.25. The van der Waals surface area contributed by atoms with Crippen LogP contribution < -0.4 is 5.32 Å². The van der Waals surface area contributed by atoms with Gasteiger partial charge in [-0.3, -0.25) is 0 Å². The summed E-state index contributed by atoms with van der Waals surface area (Å²) in [5.41, 5.74) is 4.10. The minimum Gasteiger partial charge on any atom is -0.310 e. The topological polar surface area (TPSA) is 12.0 Å². The molecule has 0 aliphatic rings. The van der Waals surface area contributed by atoms with Crippen LogP contribution in [-0.4, -0.2) is 12.3 Å². The molecule has 1 unspecified atom stereocenters. The van der Waals surface area contributed by atoms with Crippen LogP contribution >= 0.6 is 11.8 Å². The Morgan fingerprint density at radius 3 is 2.43 bits per heavy atom. The van der Waals surface area contributed by atoms with E-state index in [-0.39, 0.29) is 0 Å². The molecule has 1 N–H and O–H groups in total. The van der Waals surface area contributed by atoms with Crippen LogP contribution in [0.3, 0.4) is 0 Å². The monoisotopic (exact) mass is 299 g/mol. The second kappa shape index (κ2) is 8.26. The third-order valence-electron chi connectivity index (χ3n) is 3.57. The zero-order chi connectivity index (χ0) is 15.1. The Morgan fingerprint density at radius 1 is 1.05 bits per heavy atom. The summed E-state index contributed by atoms with van der Waals surface area (Å²) in [4.78, 5) is 1.35. The molecule has 0 amide bonds. The van der Waals surface area contributed by atoms with Gasteiger partial charge in [0.2, 0.25) is 0 Å². The average Bonchev–Trinajstić information content (AvgIpc) is 2.48. The van der Waals surface area contributed by atoms with Gasteiger partial charge in [-0.1, -0.05) is 55.8 Å². The minimum absolute atomic E-state index is 0.387. The van der Waals surface area contributed by atoms with E-state index in [1.807, 2.05) is 11.8 Å². The van der Waals surface area contributed by atoms with Gasteiger partial charge in [0, 0.05) is 10.9 Å². The van der Waals surface area contributed by atoms with Crippen molar-refractivity contribution in [2.45, 2.75) is 38.1 Å². The van der Waals surface area contributed by atoms with Gasteiger partial charge in [0.25, 0.3) is 0 Å². The molecule has 0 bridgehead atoms. The average molecular weight is 299 g/mol. The standard InChI is InChI=1S/C19H25NS/c1-4-20-19(14-16-8-6-7-15(3)13-16)17-9-11-18(12-10-17)21-5-2/h6-13,19-20H,4-5,14H2,1-3H3. The summed E-state index contributed by atoms with van der Waals surface area (Å²) in [6, 6.07) is 18.2. The molecule has 2 heteroatoms. The lowest BCUT2D eigenvalue weighted by atomic mass is 9.98. The highest BCUT2D eigenvalue weighted by atomic mass is 32.2. The molecular formula is C19H25NS. The first-order valence-corrected chi connectivity index (χ1v) is 8.73. The van der Waals surface area contributed by atoms with E-state index in [2.05, 4.69) is 74.6 Å². The maximum atomic E-state index is 3.61. The molecule has 1 atom stereocenters. The molecule has 21 heavy (non-hydrogen) atoms. The van der Waals surface area contributed by atoms with Crippen LogP contribution in [0.2, 0.25) is 0 Å². The van der Waals surface area contributed by atoms with Crippen LogP contribution in [0.5, 0.6) is 0 Å². The van der Waals surface area contributed by atoms with Gasteiger partial charge in [-0.15, -0.1) is 11.8 Å². The zero-order valence-corrected chi connectivity index (χ0v) is 14.0. The Kier molecular flexibility index (Phi) is 6.34. The Bertz CT molecular complexity index is 548. The Morgan fingerprint density at radius 2 is 1.81 bits per heavy atom. The summed E-state index contributed by atoms with van der Waals surface area (Å²) >= 11 is 1.89. The first-order valence-electron chi connectivity index (χ1n) is 7.74. The summed E-state index contributed by atoms with van der Waals surface area (Å²) in [6.45, 7) is 7.51. The van der Waals surface area contributed by atoms with Crippen molar-refractivity contribution in [3.63, 3.8) is 0 Å². The second-order valence-electron chi connectivity index (χ2n) is 5.31. The predicted octanol–water partition coefficient (Wildman–Crippen LogP) is 5.00. The molecular weight excluding hydrogens is 274 g/mol. The van der Waals surface area contributed by atoms with Gasteiger partial charge >= 0.3 is 0 Å². The summed E-state index contributed by atoms with van der Waals surface area (Å²) in [5.74, 6) is 1.12. The van der Waals surface area contributed by atoms with Crippen molar-refractivity contribution in [3.8, 4) is 0 Å². The van der Waals surface area contributed by atoms with Gasteiger partial charge in [0.1, 0.15) is 0 Å². The quantitative estimate of drug-likeness (QED) is 0.722. The Balaban J connectivity index is 2.14. The first-order chi connectivity index (χ1) is 10.2. The summed E-state index contributed by atoms with van der Waals surface area (Å²) in [5, 5.41) is 3.61. The van der Waals surface area contributed by atoms with Crippen molar-refractivity contribution in [1.29, 1.82) is 0 Å². The van der Waals surface area contributed by atoms with E-state index in [1.165, 1.54) is 21.6 Å². The van der Waals surface area contributed by atoms with E-state index in [1.54, 1.807) is 0 Å². The lowest BCUT2D eigenvalue weighted by molar-refractivity contribution is 0.549. The number of nitrogens with one attached hydrogen (secondary N) is 1. The van der Waals surface area contributed by atoms with Crippen molar-refractivity contribution >= 4 is 11.8 Å². The molecule has 0 fully saturated rings. The number of rotatable bonds is 7. The zero-order valence-electron chi connectivity index (χ0n) is 13.2. The smallest absolute Gasteiger partial charge is 0.0360 e. The van der Waals surface area contributed by atoms with Crippen LogP contribution in [0.1, 0.15) is 36.6 Å². The molecule has 2 aromatic rings. The number of hydrogen-bond acceptors (Lipinski definition) is 2. The number of thioether (sulfide) groups is 1. The maximum Gasteiger partial charge on any atom is 0.0360 e. The molecule has 0 spiro atoms. The summed E-state index contributed by atoms with van der Waals surface area (Å²) in [6.07, 6.45) is 1.04. The van der Waals surface area contributed by atoms with Crippen LogP contribution in [0.25, 0.3) is 0 Å². The van der Waals surface area contributed by atoms with E-state index < -0.39 is 0 Å². The molecule has 2 aromatic carbocycles. The lowest BCUT2D eigenvalue weighted by Crippen LogP contribution is -2.22.